The van der Waals surface area contributed by atoms with Crippen molar-refractivity contribution in [3.05, 3.63) is 18.0 Å². The van der Waals surface area contributed by atoms with Crippen LogP contribution in [0, 0.1) is 0 Å². The fraction of sp³-hybridized carbons (Fsp3) is 0.556. The summed E-state index contributed by atoms with van der Waals surface area (Å²) in [6.45, 7) is 6.67. The molecule has 4 heteroatoms. The molecule has 1 aromatic heterocycles. The van der Waals surface area contributed by atoms with Gasteiger partial charge in [-0.2, -0.15) is 0 Å². The second-order valence-electron chi connectivity index (χ2n) is 3.99. The van der Waals surface area contributed by atoms with E-state index in [2.05, 4.69) is 36.1 Å². The average Bonchev–Trinajstić information content (AvgIpc) is 2.03. The maximum Gasteiger partial charge on any atom is 0.223 e. The molecule has 3 N–H and O–H groups in total. The van der Waals surface area contributed by atoms with Crippen molar-refractivity contribution < 1.29 is 0 Å². The smallest absolute Gasteiger partial charge is 0.223 e. The number of hydrogen-bond acceptors (Lipinski definition) is 4. The summed E-state index contributed by atoms with van der Waals surface area (Å²) in [6.07, 6.45) is 3.47. The molecule has 4 nitrogen and oxygen atoms in total. The van der Waals surface area contributed by atoms with E-state index in [4.69, 9.17) is 5.73 Å². The first kappa shape index (κ1) is 9.92. The molecule has 0 spiro atoms. The van der Waals surface area contributed by atoms with Gasteiger partial charge in [0.05, 0.1) is 0 Å². The lowest BCUT2D eigenvalue weighted by Crippen LogP contribution is -2.27. The molecule has 1 aromatic rings. The Bertz CT molecular complexity index is 260. The lowest BCUT2D eigenvalue weighted by molar-refractivity contribution is 0.625. The highest BCUT2D eigenvalue weighted by Crippen LogP contribution is 2.08. The minimum absolute atomic E-state index is 0.00969. The van der Waals surface area contributed by atoms with Crippen LogP contribution in [0.15, 0.2) is 12.4 Å². The Balaban J connectivity index is 2.70. The Morgan fingerprint density at radius 3 is 2.23 bits per heavy atom. The van der Waals surface area contributed by atoms with Gasteiger partial charge in [-0.3, -0.25) is 0 Å². The predicted octanol–water partition coefficient (Wildman–Crippen LogP) is 1.15. The zero-order valence-electron chi connectivity index (χ0n) is 8.33. The summed E-state index contributed by atoms with van der Waals surface area (Å²) in [5.41, 5.74) is 6.36. The van der Waals surface area contributed by atoms with Crippen LogP contribution in [0.25, 0.3) is 0 Å². The fourth-order valence-corrected chi connectivity index (χ4v) is 0.860. The van der Waals surface area contributed by atoms with Gasteiger partial charge in [-0.1, -0.05) is 0 Å². The van der Waals surface area contributed by atoms with E-state index in [1.807, 2.05) is 0 Å². The van der Waals surface area contributed by atoms with Gasteiger partial charge < -0.3 is 11.1 Å². The van der Waals surface area contributed by atoms with E-state index in [9.17, 15) is 0 Å². The summed E-state index contributed by atoms with van der Waals surface area (Å²) in [7, 11) is 0. The average molecular weight is 180 g/mol. The molecule has 0 aliphatic heterocycles. The summed E-state index contributed by atoms with van der Waals surface area (Å²) in [6, 6.07) is 0. The van der Waals surface area contributed by atoms with Crippen molar-refractivity contribution in [2.75, 3.05) is 5.32 Å². The van der Waals surface area contributed by atoms with Gasteiger partial charge in [0.1, 0.15) is 0 Å². The maximum atomic E-state index is 5.43. The lowest BCUT2D eigenvalue weighted by Gasteiger charge is -2.20. The molecule has 1 rings (SSSR count). The third-order valence-corrected chi connectivity index (χ3v) is 1.43. The molecule has 13 heavy (non-hydrogen) atoms. The Kier molecular flexibility index (Phi) is 2.83. The predicted molar refractivity (Wildman–Crippen MR) is 53.3 cm³/mol. The van der Waals surface area contributed by atoms with Crippen molar-refractivity contribution in [1.29, 1.82) is 0 Å². The molecule has 0 atom stereocenters. The van der Waals surface area contributed by atoms with Crippen molar-refractivity contribution in [2.24, 2.45) is 5.73 Å². The van der Waals surface area contributed by atoms with Crippen molar-refractivity contribution >= 4 is 5.95 Å². The van der Waals surface area contributed by atoms with E-state index >= 15 is 0 Å². The molecular weight excluding hydrogens is 164 g/mol. The van der Waals surface area contributed by atoms with Crippen LogP contribution in [0.2, 0.25) is 0 Å². The number of nitrogens with one attached hydrogen (secondary N) is 1. The third-order valence-electron chi connectivity index (χ3n) is 1.43. The third kappa shape index (κ3) is 3.38. The largest absolute Gasteiger partial charge is 0.350 e. The molecule has 0 radical (unpaired) electrons. The summed E-state index contributed by atoms with van der Waals surface area (Å²) in [5.74, 6) is 0.643. The van der Waals surface area contributed by atoms with Crippen LogP contribution in [0.3, 0.4) is 0 Å². The molecule has 0 fully saturated rings. The highest BCUT2D eigenvalue weighted by Gasteiger charge is 2.10. The van der Waals surface area contributed by atoms with Crippen LogP contribution in [0.4, 0.5) is 5.95 Å². The lowest BCUT2D eigenvalue weighted by atomic mass is 10.1. The van der Waals surface area contributed by atoms with Gasteiger partial charge in [0.25, 0.3) is 0 Å². The highest BCUT2D eigenvalue weighted by atomic mass is 15.1. The molecule has 0 aliphatic rings. The summed E-state index contributed by atoms with van der Waals surface area (Å²) < 4.78 is 0. The van der Waals surface area contributed by atoms with Crippen molar-refractivity contribution in [3.8, 4) is 0 Å². The standard InChI is InChI=1S/C9H16N4/c1-9(2,3)13-8-11-5-7(4-10)6-12-8/h5-6H,4,10H2,1-3H3,(H,11,12,13). The second-order valence-corrected chi connectivity index (χ2v) is 3.99. The van der Waals surface area contributed by atoms with Crippen LogP contribution < -0.4 is 11.1 Å². The number of rotatable bonds is 2. The number of aromatic nitrogens is 2. The molecule has 0 aliphatic carbocycles. The molecule has 0 unspecified atom stereocenters. The monoisotopic (exact) mass is 180 g/mol. The van der Waals surface area contributed by atoms with E-state index in [0.29, 0.717) is 12.5 Å². The number of nitrogens with two attached hydrogens (primary N) is 1. The maximum absolute atomic E-state index is 5.43. The molecule has 0 saturated heterocycles. The van der Waals surface area contributed by atoms with E-state index in [0.717, 1.165) is 5.56 Å². The van der Waals surface area contributed by atoms with Crippen molar-refractivity contribution in [2.45, 2.75) is 32.9 Å². The molecular formula is C9H16N4. The van der Waals surface area contributed by atoms with Crippen molar-refractivity contribution in [1.82, 2.24) is 9.97 Å². The molecule has 0 saturated carbocycles. The zero-order valence-corrected chi connectivity index (χ0v) is 8.33. The van der Waals surface area contributed by atoms with Gasteiger partial charge in [0, 0.05) is 30.0 Å². The number of nitrogens with zero attached hydrogens (tertiary/aromatic N) is 2. The van der Waals surface area contributed by atoms with E-state index in [1.54, 1.807) is 12.4 Å². The van der Waals surface area contributed by atoms with E-state index < -0.39 is 0 Å². The molecule has 72 valence electrons. The first-order chi connectivity index (χ1) is 6.01. The minimum Gasteiger partial charge on any atom is -0.350 e. The van der Waals surface area contributed by atoms with Crippen LogP contribution in [-0.2, 0) is 6.54 Å². The van der Waals surface area contributed by atoms with Crippen LogP contribution in [0.1, 0.15) is 26.3 Å². The Labute approximate surface area is 78.6 Å². The quantitative estimate of drug-likeness (QED) is 0.716. The van der Waals surface area contributed by atoms with Gasteiger partial charge in [0.2, 0.25) is 5.95 Å². The Morgan fingerprint density at radius 1 is 1.31 bits per heavy atom. The van der Waals surface area contributed by atoms with Crippen LogP contribution in [-0.4, -0.2) is 15.5 Å². The number of anilines is 1. The number of hydrogen-bond donors (Lipinski definition) is 2. The van der Waals surface area contributed by atoms with Crippen LogP contribution >= 0.6 is 0 Å². The normalized spacial score (nSPS) is 11.4. The SMILES string of the molecule is CC(C)(C)Nc1ncc(CN)cn1. The molecule has 0 amide bonds. The van der Waals surface area contributed by atoms with Crippen LogP contribution in [0.5, 0.6) is 0 Å². The minimum atomic E-state index is -0.00969. The zero-order chi connectivity index (χ0) is 9.90. The van der Waals surface area contributed by atoms with E-state index in [-0.39, 0.29) is 5.54 Å². The molecule has 0 aromatic carbocycles. The Morgan fingerprint density at radius 2 is 1.85 bits per heavy atom. The first-order valence-electron chi connectivity index (χ1n) is 4.30. The summed E-state index contributed by atoms with van der Waals surface area (Å²) >= 11 is 0. The summed E-state index contributed by atoms with van der Waals surface area (Å²) in [4.78, 5) is 8.27. The van der Waals surface area contributed by atoms with Gasteiger partial charge >= 0.3 is 0 Å². The van der Waals surface area contributed by atoms with Gasteiger partial charge in [0.15, 0.2) is 0 Å². The molecule has 1 heterocycles. The Hall–Kier alpha value is -1.16. The van der Waals surface area contributed by atoms with E-state index in [1.165, 1.54) is 0 Å². The van der Waals surface area contributed by atoms with Gasteiger partial charge in [-0.15, -0.1) is 0 Å². The first-order valence-corrected chi connectivity index (χ1v) is 4.30. The topological polar surface area (TPSA) is 63.8 Å². The van der Waals surface area contributed by atoms with Crippen molar-refractivity contribution in [3.63, 3.8) is 0 Å². The van der Waals surface area contributed by atoms with Gasteiger partial charge in [-0.05, 0) is 20.8 Å². The highest BCUT2D eigenvalue weighted by molar-refractivity contribution is 5.27. The molecule has 0 bridgehead atoms. The second kappa shape index (κ2) is 3.70. The van der Waals surface area contributed by atoms with Gasteiger partial charge in [-0.25, -0.2) is 9.97 Å². The fourth-order valence-electron chi connectivity index (χ4n) is 0.860. The summed E-state index contributed by atoms with van der Waals surface area (Å²) in [5, 5.41) is 3.17.